The van der Waals surface area contributed by atoms with Crippen LogP contribution < -0.4 is 5.32 Å². The Morgan fingerprint density at radius 2 is 2.05 bits per heavy atom. The third-order valence-corrected chi connectivity index (χ3v) is 4.59. The molecule has 1 amide bonds. The molecule has 1 unspecified atom stereocenters. The van der Waals surface area contributed by atoms with Gasteiger partial charge in [0.2, 0.25) is 5.91 Å². The van der Waals surface area contributed by atoms with Gasteiger partial charge in [-0.15, -0.1) is 0 Å². The Balaban J connectivity index is 2.20. The number of piperidine rings is 1. The van der Waals surface area contributed by atoms with E-state index in [4.69, 9.17) is 4.18 Å². The molecule has 2 rings (SSSR count). The van der Waals surface area contributed by atoms with Gasteiger partial charge in [-0.25, -0.2) is 0 Å². The minimum Gasteiger partial charge on any atom is -0.356 e. The minimum atomic E-state index is -3.81. The van der Waals surface area contributed by atoms with Crippen LogP contribution in [-0.2, 0) is 19.1 Å². The molecule has 0 radical (unpaired) electrons. The third kappa shape index (κ3) is 3.33. The van der Waals surface area contributed by atoms with Gasteiger partial charge in [0.15, 0.2) is 0 Å². The van der Waals surface area contributed by atoms with E-state index < -0.39 is 16.2 Å². The van der Waals surface area contributed by atoms with Crippen LogP contribution in [0, 0.1) is 13.8 Å². The first-order chi connectivity index (χ1) is 8.88. The monoisotopic (exact) mass is 283 g/mol. The van der Waals surface area contributed by atoms with E-state index in [0.717, 1.165) is 5.56 Å². The number of hydrogen-bond donors (Lipinski definition) is 1. The zero-order valence-electron chi connectivity index (χ0n) is 11.0. The number of hydrogen-bond acceptors (Lipinski definition) is 4. The maximum absolute atomic E-state index is 12.2. The Morgan fingerprint density at radius 3 is 2.68 bits per heavy atom. The van der Waals surface area contributed by atoms with E-state index in [-0.39, 0.29) is 17.2 Å². The van der Waals surface area contributed by atoms with Crippen LogP contribution in [0.3, 0.4) is 0 Å². The lowest BCUT2D eigenvalue weighted by atomic mass is 10.1. The lowest BCUT2D eigenvalue weighted by Crippen LogP contribution is -2.38. The van der Waals surface area contributed by atoms with Crippen molar-refractivity contribution in [1.82, 2.24) is 5.32 Å². The summed E-state index contributed by atoms with van der Waals surface area (Å²) in [5, 5.41) is 2.64. The van der Waals surface area contributed by atoms with Gasteiger partial charge in [-0.1, -0.05) is 17.7 Å². The predicted molar refractivity (Wildman–Crippen MR) is 70.2 cm³/mol. The van der Waals surface area contributed by atoms with E-state index in [0.29, 0.717) is 18.5 Å². The van der Waals surface area contributed by atoms with Gasteiger partial charge >= 0.3 is 0 Å². The molecule has 5 nitrogen and oxygen atoms in total. The van der Waals surface area contributed by atoms with Crippen LogP contribution in [0.25, 0.3) is 0 Å². The highest BCUT2D eigenvalue weighted by Crippen LogP contribution is 2.22. The molecule has 0 spiro atoms. The summed E-state index contributed by atoms with van der Waals surface area (Å²) in [6.07, 6.45) is 0.0273. The number of amides is 1. The third-order valence-electron chi connectivity index (χ3n) is 3.06. The summed E-state index contributed by atoms with van der Waals surface area (Å²) in [5.74, 6) is -0.174. The first kappa shape index (κ1) is 14.0. The molecule has 0 aliphatic carbocycles. The minimum absolute atomic E-state index is 0.0874. The van der Waals surface area contributed by atoms with Crippen molar-refractivity contribution in [2.24, 2.45) is 0 Å². The Morgan fingerprint density at radius 1 is 1.32 bits per heavy atom. The highest BCUT2D eigenvalue weighted by atomic mass is 32.2. The van der Waals surface area contributed by atoms with Gasteiger partial charge in [0.25, 0.3) is 10.1 Å². The molecule has 1 atom stereocenters. The number of rotatable bonds is 3. The summed E-state index contributed by atoms with van der Waals surface area (Å²) in [5.41, 5.74) is 1.65. The molecule has 19 heavy (non-hydrogen) atoms. The van der Waals surface area contributed by atoms with E-state index in [9.17, 15) is 13.2 Å². The maximum atomic E-state index is 12.2. The first-order valence-electron chi connectivity index (χ1n) is 6.16. The molecule has 1 heterocycles. The standard InChI is InChI=1S/C13H17NO4S/c1-9-3-4-12(10(2)7-9)19(16,17)18-11-5-6-14-13(15)8-11/h3-4,7,11H,5-6,8H2,1-2H3,(H,14,15). The van der Waals surface area contributed by atoms with Crippen molar-refractivity contribution in [2.45, 2.75) is 37.7 Å². The van der Waals surface area contributed by atoms with Crippen molar-refractivity contribution in [3.05, 3.63) is 29.3 Å². The second-order valence-corrected chi connectivity index (χ2v) is 6.32. The van der Waals surface area contributed by atoms with E-state index >= 15 is 0 Å². The second kappa shape index (κ2) is 5.30. The highest BCUT2D eigenvalue weighted by molar-refractivity contribution is 7.86. The first-order valence-corrected chi connectivity index (χ1v) is 7.56. The van der Waals surface area contributed by atoms with Crippen LogP contribution in [0.2, 0.25) is 0 Å². The molecule has 1 aromatic rings. The number of carbonyl (C=O) groups is 1. The summed E-state index contributed by atoms with van der Waals surface area (Å²) >= 11 is 0. The lowest BCUT2D eigenvalue weighted by molar-refractivity contribution is -0.124. The second-order valence-electron chi connectivity index (χ2n) is 4.78. The van der Waals surface area contributed by atoms with Crippen LogP contribution in [0.15, 0.2) is 23.1 Å². The topological polar surface area (TPSA) is 72.5 Å². The Bertz CT molecular complexity index is 595. The Hall–Kier alpha value is -1.40. The zero-order chi connectivity index (χ0) is 14.0. The van der Waals surface area contributed by atoms with Crippen molar-refractivity contribution in [3.63, 3.8) is 0 Å². The smallest absolute Gasteiger partial charge is 0.297 e. The fraction of sp³-hybridized carbons (Fsp3) is 0.462. The Labute approximate surface area is 113 Å². The molecule has 104 valence electrons. The lowest BCUT2D eigenvalue weighted by Gasteiger charge is -2.22. The Kier molecular flexibility index (Phi) is 3.91. The average molecular weight is 283 g/mol. The van der Waals surface area contributed by atoms with Crippen molar-refractivity contribution in [2.75, 3.05) is 6.54 Å². The molecular formula is C13H17NO4S. The van der Waals surface area contributed by atoms with E-state index in [1.807, 2.05) is 6.92 Å². The van der Waals surface area contributed by atoms with Crippen molar-refractivity contribution in [3.8, 4) is 0 Å². The molecule has 1 N–H and O–H groups in total. The molecule has 6 heteroatoms. The number of aryl methyl sites for hydroxylation is 2. The number of benzene rings is 1. The molecule has 1 aliphatic heterocycles. The van der Waals surface area contributed by atoms with Crippen LogP contribution in [0.4, 0.5) is 0 Å². The summed E-state index contributed by atoms with van der Waals surface area (Å²) in [4.78, 5) is 11.4. The highest BCUT2D eigenvalue weighted by Gasteiger charge is 2.27. The van der Waals surface area contributed by atoms with Crippen LogP contribution in [0.1, 0.15) is 24.0 Å². The van der Waals surface area contributed by atoms with Gasteiger partial charge < -0.3 is 5.32 Å². The van der Waals surface area contributed by atoms with Gasteiger partial charge in [0.05, 0.1) is 17.4 Å². The molecule has 0 bridgehead atoms. The SMILES string of the molecule is Cc1ccc(S(=O)(=O)OC2CCNC(=O)C2)c(C)c1. The molecular weight excluding hydrogens is 266 g/mol. The molecule has 1 aromatic carbocycles. The van der Waals surface area contributed by atoms with Crippen LogP contribution in [0.5, 0.6) is 0 Å². The number of carbonyl (C=O) groups excluding carboxylic acids is 1. The molecule has 1 saturated heterocycles. The summed E-state index contributed by atoms with van der Waals surface area (Å²) in [7, 11) is -3.81. The maximum Gasteiger partial charge on any atom is 0.297 e. The summed E-state index contributed by atoms with van der Waals surface area (Å²) < 4.78 is 29.5. The van der Waals surface area contributed by atoms with Gasteiger partial charge in [0.1, 0.15) is 0 Å². The normalized spacial score (nSPS) is 20.1. The van der Waals surface area contributed by atoms with Gasteiger partial charge in [-0.3, -0.25) is 8.98 Å². The molecule has 0 saturated carbocycles. The van der Waals surface area contributed by atoms with Crippen LogP contribution in [-0.4, -0.2) is 27.0 Å². The van der Waals surface area contributed by atoms with Crippen molar-refractivity contribution < 1.29 is 17.4 Å². The van der Waals surface area contributed by atoms with Crippen LogP contribution >= 0.6 is 0 Å². The quantitative estimate of drug-likeness (QED) is 0.848. The number of nitrogens with one attached hydrogen (secondary N) is 1. The summed E-state index contributed by atoms with van der Waals surface area (Å²) in [6, 6.07) is 5.07. The largest absolute Gasteiger partial charge is 0.356 e. The zero-order valence-corrected chi connectivity index (χ0v) is 11.8. The van der Waals surface area contributed by atoms with E-state index in [2.05, 4.69) is 5.32 Å². The van der Waals surface area contributed by atoms with Gasteiger partial charge in [0, 0.05) is 6.54 Å². The van der Waals surface area contributed by atoms with E-state index in [1.165, 1.54) is 0 Å². The van der Waals surface area contributed by atoms with Gasteiger partial charge in [-0.05, 0) is 31.9 Å². The van der Waals surface area contributed by atoms with E-state index in [1.54, 1.807) is 25.1 Å². The fourth-order valence-corrected chi connectivity index (χ4v) is 3.46. The molecule has 1 fully saturated rings. The fourth-order valence-electron chi connectivity index (χ4n) is 2.15. The van der Waals surface area contributed by atoms with Gasteiger partial charge in [-0.2, -0.15) is 8.42 Å². The average Bonchev–Trinajstić information content (AvgIpc) is 2.27. The molecule has 1 aliphatic rings. The van der Waals surface area contributed by atoms with Crippen molar-refractivity contribution in [1.29, 1.82) is 0 Å². The summed E-state index contributed by atoms with van der Waals surface area (Å²) in [6.45, 7) is 4.08. The predicted octanol–water partition coefficient (Wildman–Crippen LogP) is 1.29. The molecule has 0 aromatic heterocycles. The van der Waals surface area contributed by atoms with Crippen molar-refractivity contribution >= 4 is 16.0 Å².